The van der Waals surface area contributed by atoms with Gasteiger partial charge in [0.15, 0.2) is 0 Å². The summed E-state index contributed by atoms with van der Waals surface area (Å²) in [4.78, 5) is 19.2. The van der Waals surface area contributed by atoms with Crippen LogP contribution in [0.4, 0.5) is 0 Å². The third-order valence-corrected chi connectivity index (χ3v) is 5.29. The third-order valence-electron chi connectivity index (χ3n) is 5.29. The van der Waals surface area contributed by atoms with E-state index in [-0.39, 0.29) is 0 Å². The molecule has 0 bridgehead atoms. The molecule has 0 amide bonds. The summed E-state index contributed by atoms with van der Waals surface area (Å²) in [6.07, 6.45) is 5.36. The lowest BCUT2D eigenvalue weighted by molar-refractivity contribution is 0.615. The molecule has 34 heavy (non-hydrogen) atoms. The van der Waals surface area contributed by atoms with E-state index < -0.39 is 0 Å². The SMILES string of the molecule is CC(C)Cc1cnc(CC(C)C)c(C#Cc2cnc(-c3ccccc3)c(-c3ccccc3)n2)n1. The smallest absolute Gasteiger partial charge is 0.135 e. The molecule has 0 aliphatic carbocycles. The Morgan fingerprint density at radius 2 is 1.26 bits per heavy atom. The first kappa shape index (κ1) is 23.3. The molecule has 0 N–H and O–H groups in total. The lowest BCUT2D eigenvalue weighted by atomic mass is 10.0. The van der Waals surface area contributed by atoms with Crippen LogP contribution in [0.25, 0.3) is 22.5 Å². The molecule has 0 fully saturated rings. The molecule has 2 aromatic carbocycles. The second kappa shape index (κ2) is 10.9. The lowest BCUT2D eigenvalue weighted by Crippen LogP contribution is -2.07. The molecule has 170 valence electrons. The maximum absolute atomic E-state index is 4.91. The number of hydrogen-bond acceptors (Lipinski definition) is 4. The molecule has 0 atom stereocenters. The molecule has 0 radical (unpaired) electrons. The van der Waals surface area contributed by atoms with Gasteiger partial charge < -0.3 is 0 Å². The molecule has 4 nitrogen and oxygen atoms in total. The van der Waals surface area contributed by atoms with Crippen molar-refractivity contribution in [3.05, 3.63) is 95.8 Å². The van der Waals surface area contributed by atoms with Gasteiger partial charge in [0.25, 0.3) is 0 Å². The summed E-state index contributed by atoms with van der Waals surface area (Å²) in [6, 6.07) is 20.3. The van der Waals surface area contributed by atoms with Crippen molar-refractivity contribution in [2.24, 2.45) is 11.8 Å². The monoisotopic (exact) mass is 446 g/mol. The van der Waals surface area contributed by atoms with Crippen molar-refractivity contribution < 1.29 is 0 Å². The number of hydrogen-bond donors (Lipinski definition) is 0. The second-order valence-corrected chi connectivity index (χ2v) is 9.29. The van der Waals surface area contributed by atoms with Crippen LogP contribution in [0.5, 0.6) is 0 Å². The average molecular weight is 447 g/mol. The Morgan fingerprint density at radius 3 is 1.88 bits per heavy atom. The fraction of sp³-hybridized carbons (Fsp3) is 0.267. The highest BCUT2D eigenvalue weighted by Gasteiger charge is 2.12. The highest BCUT2D eigenvalue weighted by molar-refractivity contribution is 5.78. The van der Waals surface area contributed by atoms with Crippen LogP contribution in [-0.4, -0.2) is 19.9 Å². The van der Waals surface area contributed by atoms with Crippen molar-refractivity contribution in [3.8, 4) is 34.4 Å². The van der Waals surface area contributed by atoms with E-state index in [1.165, 1.54) is 0 Å². The zero-order chi connectivity index (χ0) is 23.9. The van der Waals surface area contributed by atoms with Crippen LogP contribution in [0.15, 0.2) is 73.1 Å². The van der Waals surface area contributed by atoms with Crippen molar-refractivity contribution in [2.45, 2.75) is 40.5 Å². The first-order valence-corrected chi connectivity index (χ1v) is 11.8. The predicted octanol–water partition coefficient (Wildman–Crippen LogP) is 6.40. The predicted molar refractivity (Wildman–Crippen MR) is 138 cm³/mol. The summed E-state index contributed by atoms with van der Waals surface area (Å²) in [7, 11) is 0. The van der Waals surface area contributed by atoms with Crippen LogP contribution in [0, 0.1) is 23.7 Å². The van der Waals surface area contributed by atoms with E-state index in [0.717, 1.165) is 52.4 Å². The Hall–Kier alpha value is -3.84. The summed E-state index contributed by atoms with van der Waals surface area (Å²) < 4.78 is 0. The fourth-order valence-electron chi connectivity index (χ4n) is 3.78. The highest BCUT2D eigenvalue weighted by Crippen LogP contribution is 2.28. The van der Waals surface area contributed by atoms with Gasteiger partial charge in [-0.2, -0.15) is 0 Å². The van der Waals surface area contributed by atoms with Gasteiger partial charge in [-0.3, -0.25) is 9.97 Å². The van der Waals surface area contributed by atoms with E-state index in [9.17, 15) is 0 Å². The van der Waals surface area contributed by atoms with E-state index in [4.69, 9.17) is 19.9 Å². The zero-order valence-corrected chi connectivity index (χ0v) is 20.3. The van der Waals surface area contributed by atoms with Gasteiger partial charge in [-0.15, -0.1) is 0 Å². The Morgan fingerprint density at radius 1 is 0.647 bits per heavy atom. The summed E-state index contributed by atoms with van der Waals surface area (Å²) in [5, 5.41) is 0. The molecule has 0 spiro atoms. The van der Waals surface area contributed by atoms with E-state index in [2.05, 4.69) is 63.8 Å². The van der Waals surface area contributed by atoms with Crippen molar-refractivity contribution in [2.75, 3.05) is 0 Å². The minimum atomic E-state index is 0.473. The average Bonchev–Trinajstić information content (AvgIpc) is 2.84. The van der Waals surface area contributed by atoms with Crippen LogP contribution in [0.2, 0.25) is 0 Å². The molecule has 0 saturated carbocycles. The largest absolute Gasteiger partial charge is 0.256 e. The minimum absolute atomic E-state index is 0.473. The fourth-order valence-corrected chi connectivity index (χ4v) is 3.78. The Labute approximate surface area is 202 Å². The van der Waals surface area contributed by atoms with Gasteiger partial charge in [0.2, 0.25) is 0 Å². The van der Waals surface area contributed by atoms with Crippen molar-refractivity contribution in [1.29, 1.82) is 0 Å². The molecule has 0 aliphatic rings. The highest BCUT2D eigenvalue weighted by atomic mass is 14.8. The van der Waals surface area contributed by atoms with Gasteiger partial charge in [0.05, 0.1) is 29.0 Å². The molecule has 0 unspecified atom stereocenters. The van der Waals surface area contributed by atoms with Gasteiger partial charge in [-0.25, -0.2) is 9.97 Å². The van der Waals surface area contributed by atoms with Crippen molar-refractivity contribution in [1.82, 2.24) is 19.9 Å². The third kappa shape index (κ3) is 5.94. The molecular formula is C30H30N4. The number of rotatable bonds is 6. The summed E-state index contributed by atoms with van der Waals surface area (Å²) in [6.45, 7) is 8.73. The molecule has 4 heteroatoms. The Kier molecular flexibility index (Phi) is 7.44. The van der Waals surface area contributed by atoms with Crippen molar-refractivity contribution in [3.63, 3.8) is 0 Å². The van der Waals surface area contributed by atoms with Gasteiger partial charge in [-0.1, -0.05) is 88.4 Å². The van der Waals surface area contributed by atoms with Crippen LogP contribution in [-0.2, 0) is 12.8 Å². The van der Waals surface area contributed by atoms with Gasteiger partial charge in [0.1, 0.15) is 11.4 Å². The summed E-state index contributed by atoms with van der Waals surface area (Å²) in [5.41, 5.74) is 6.97. The summed E-state index contributed by atoms with van der Waals surface area (Å²) in [5.74, 6) is 7.46. The first-order valence-electron chi connectivity index (χ1n) is 11.8. The maximum Gasteiger partial charge on any atom is 0.135 e. The second-order valence-electron chi connectivity index (χ2n) is 9.29. The van der Waals surface area contributed by atoms with Crippen LogP contribution < -0.4 is 0 Å². The quantitative estimate of drug-likeness (QED) is 0.322. The molecule has 0 saturated heterocycles. The van der Waals surface area contributed by atoms with E-state index >= 15 is 0 Å². The molecular weight excluding hydrogens is 416 g/mol. The topological polar surface area (TPSA) is 51.6 Å². The number of nitrogens with zero attached hydrogens (tertiary/aromatic N) is 4. The van der Waals surface area contributed by atoms with E-state index in [1.54, 1.807) is 6.20 Å². The summed E-state index contributed by atoms with van der Waals surface area (Å²) >= 11 is 0. The molecule has 4 rings (SSSR count). The van der Waals surface area contributed by atoms with Gasteiger partial charge >= 0.3 is 0 Å². The molecule has 4 aromatic rings. The molecule has 2 aromatic heterocycles. The lowest BCUT2D eigenvalue weighted by Gasteiger charge is -2.10. The normalized spacial score (nSPS) is 10.9. The van der Waals surface area contributed by atoms with Crippen LogP contribution >= 0.6 is 0 Å². The van der Waals surface area contributed by atoms with Crippen molar-refractivity contribution >= 4 is 0 Å². The standard InChI is InChI=1S/C30H30N4/c1-21(2)17-26-20-31-28(18-22(3)4)27(33-26)16-15-25-19-32-29(23-11-7-5-8-12-23)30(34-25)24-13-9-6-10-14-24/h5-14,19-22H,17-18H2,1-4H3. The maximum atomic E-state index is 4.91. The van der Waals surface area contributed by atoms with E-state index in [1.807, 2.05) is 42.6 Å². The first-order chi connectivity index (χ1) is 16.5. The number of benzene rings is 2. The minimum Gasteiger partial charge on any atom is -0.256 e. The van der Waals surface area contributed by atoms with Gasteiger partial charge in [0, 0.05) is 17.3 Å². The Bertz CT molecular complexity index is 1300. The molecule has 0 aliphatic heterocycles. The van der Waals surface area contributed by atoms with Gasteiger partial charge in [-0.05, 0) is 36.5 Å². The zero-order valence-electron chi connectivity index (χ0n) is 20.3. The van der Waals surface area contributed by atoms with Crippen LogP contribution in [0.3, 0.4) is 0 Å². The Balaban J connectivity index is 1.77. The van der Waals surface area contributed by atoms with E-state index in [0.29, 0.717) is 17.5 Å². The molecule has 2 heterocycles. The van der Waals surface area contributed by atoms with Crippen LogP contribution in [0.1, 0.15) is 50.5 Å². The number of aromatic nitrogens is 4.